The summed E-state index contributed by atoms with van der Waals surface area (Å²) in [6.45, 7) is 4.87. The first kappa shape index (κ1) is 15.0. The second-order valence-electron chi connectivity index (χ2n) is 4.06. The molecule has 1 atom stereocenters. The van der Waals surface area contributed by atoms with E-state index in [0.29, 0.717) is 12.2 Å². The minimum absolute atomic E-state index is 0.00664. The molecule has 18 heavy (non-hydrogen) atoms. The van der Waals surface area contributed by atoms with Crippen LogP contribution in [-0.4, -0.2) is 25.6 Å². The lowest BCUT2D eigenvalue weighted by molar-refractivity contribution is -0.116. The fourth-order valence-corrected chi connectivity index (χ4v) is 2.06. The van der Waals surface area contributed by atoms with E-state index in [2.05, 4.69) is 26.6 Å². The minimum atomic E-state index is -0.00664. The molecule has 100 valence electrons. The number of halogens is 1. The molecule has 0 fully saturated rings. The molecule has 0 radical (unpaired) electrons. The molecule has 0 aromatic heterocycles. The van der Waals surface area contributed by atoms with Crippen LogP contribution in [0.1, 0.15) is 20.3 Å². The predicted molar refractivity (Wildman–Crippen MR) is 77.1 cm³/mol. The summed E-state index contributed by atoms with van der Waals surface area (Å²) in [5, 5.41) is 6.05. The van der Waals surface area contributed by atoms with Gasteiger partial charge < -0.3 is 15.4 Å². The highest BCUT2D eigenvalue weighted by Gasteiger charge is 2.09. The van der Waals surface area contributed by atoms with Crippen LogP contribution in [-0.2, 0) is 4.79 Å². The Morgan fingerprint density at radius 1 is 1.50 bits per heavy atom. The Labute approximate surface area is 116 Å². The van der Waals surface area contributed by atoms with Crippen LogP contribution in [0.4, 0.5) is 5.69 Å². The first-order valence-electron chi connectivity index (χ1n) is 5.93. The van der Waals surface area contributed by atoms with Gasteiger partial charge in [-0.1, -0.05) is 6.92 Å². The van der Waals surface area contributed by atoms with Gasteiger partial charge in [0.15, 0.2) is 0 Å². The second kappa shape index (κ2) is 7.38. The Morgan fingerprint density at radius 2 is 2.22 bits per heavy atom. The van der Waals surface area contributed by atoms with E-state index in [-0.39, 0.29) is 11.9 Å². The molecule has 0 saturated carbocycles. The van der Waals surface area contributed by atoms with Crippen LogP contribution in [0.5, 0.6) is 5.75 Å². The molecule has 0 bridgehead atoms. The van der Waals surface area contributed by atoms with E-state index < -0.39 is 0 Å². The van der Waals surface area contributed by atoms with E-state index in [9.17, 15) is 4.79 Å². The van der Waals surface area contributed by atoms with Crippen LogP contribution in [0.15, 0.2) is 22.7 Å². The third kappa shape index (κ3) is 4.66. The Kier molecular flexibility index (Phi) is 6.15. The molecular weight excluding hydrogens is 296 g/mol. The lowest BCUT2D eigenvalue weighted by atomic mass is 10.2. The van der Waals surface area contributed by atoms with E-state index in [4.69, 9.17) is 4.74 Å². The van der Waals surface area contributed by atoms with Crippen molar-refractivity contribution >= 4 is 27.5 Å². The highest BCUT2D eigenvalue weighted by molar-refractivity contribution is 9.10. The zero-order valence-electron chi connectivity index (χ0n) is 10.9. The average molecular weight is 315 g/mol. The number of hydrogen-bond donors (Lipinski definition) is 2. The van der Waals surface area contributed by atoms with Crippen molar-refractivity contribution in [3.8, 4) is 5.75 Å². The molecule has 0 heterocycles. The van der Waals surface area contributed by atoms with Gasteiger partial charge in [-0.25, -0.2) is 0 Å². The van der Waals surface area contributed by atoms with Crippen molar-refractivity contribution in [1.82, 2.24) is 5.32 Å². The standard InChI is InChI=1S/C13H19BrN2O2/c1-4-15-9(2)7-13(17)16-10-5-6-11(14)12(8-10)18-3/h5-6,8-9,15H,4,7H2,1-3H3,(H,16,17). The molecule has 0 aliphatic rings. The molecule has 2 N–H and O–H groups in total. The first-order valence-corrected chi connectivity index (χ1v) is 6.72. The molecule has 1 unspecified atom stereocenters. The summed E-state index contributed by atoms with van der Waals surface area (Å²) in [7, 11) is 1.60. The van der Waals surface area contributed by atoms with Crippen LogP contribution in [0.2, 0.25) is 0 Å². The molecule has 0 aliphatic heterocycles. The van der Waals surface area contributed by atoms with Crippen molar-refractivity contribution < 1.29 is 9.53 Å². The van der Waals surface area contributed by atoms with Crippen molar-refractivity contribution in [2.24, 2.45) is 0 Å². The van der Waals surface area contributed by atoms with Crippen LogP contribution >= 0.6 is 15.9 Å². The third-order valence-electron chi connectivity index (χ3n) is 2.48. The Morgan fingerprint density at radius 3 is 2.83 bits per heavy atom. The topological polar surface area (TPSA) is 50.4 Å². The monoisotopic (exact) mass is 314 g/mol. The zero-order valence-corrected chi connectivity index (χ0v) is 12.5. The Bertz CT molecular complexity index is 410. The van der Waals surface area contributed by atoms with Gasteiger partial charge in [-0.2, -0.15) is 0 Å². The van der Waals surface area contributed by atoms with E-state index in [1.54, 1.807) is 13.2 Å². The van der Waals surface area contributed by atoms with E-state index in [1.807, 2.05) is 26.0 Å². The molecule has 5 heteroatoms. The lowest BCUT2D eigenvalue weighted by Gasteiger charge is -2.13. The largest absolute Gasteiger partial charge is 0.495 e. The number of methoxy groups -OCH3 is 1. The van der Waals surface area contributed by atoms with Gasteiger partial charge in [0.2, 0.25) is 5.91 Å². The van der Waals surface area contributed by atoms with E-state index in [1.165, 1.54) is 0 Å². The molecule has 1 amide bonds. The van der Waals surface area contributed by atoms with Gasteiger partial charge in [-0.3, -0.25) is 4.79 Å². The van der Waals surface area contributed by atoms with Gasteiger partial charge in [0, 0.05) is 24.2 Å². The van der Waals surface area contributed by atoms with E-state index in [0.717, 1.165) is 16.7 Å². The van der Waals surface area contributed by atoms with Crippen molar-refractivity contribution in [3.05, 3.63) is 22.7 Å². The van der Waals surface area contributed by atoms with Gasteiger partial charge in [0.25, 0.3) is 0 Å². The number of ether oxygens (including phenoxy) is 1. The maximum absolute atomic E-state index is 11.8. The summed E-state index contributed by atoms with van der Waals surface area (Å²) in [4.78, 5) is 11.8. The molecular formula is C13H19BrN2O2. The van der Waals surface area contributed by atoms with Crippen molar-refractivity contribution in [2.75, 3.05) is 19.0 Å². The van der Waals surface area contributed by atoms with Crippen LogP contribution < -0.4 is 15.4 Å². The fourth-order valence-electron chi connectivity index (χ4n) is 1.65. The average Bonchev–Trinajstić information content (AvgIpc) is 2.31. The van der Waals surface area contributed by atoms with Gasteiger partial charge in [0.1, 0.15) is 5.75 Å². The molecule has 1 aromatic carbocycles. The summed E-state index contributed by atoms with van der Waals surface area (Å²) in [5.74, 6) is 0.695. The third-order valence-corrected chi connectivity index (χ3v) is 3.13. The fraction of sp³-hybridized carbons (Fsp3) is 0.462. The van der Waals surface area contributed by atoms with Crippen LogP contribution in [0.25, 0.3) is 0 Å². The van der Waals surface area contributed by atoms with Gasteiger partial charge in [0.05, 0.1) is 11.6 Å². The van der Waals surface area contributed by atoms with Crippen LogP contribution in [0.3, 0.4) is 0 Å². The number of nitrogens with one attached hydrogen (secondary N) is 2. The highest BCUT2D eigenvalue weighted by atomic mass is 79.9. The van der Waals surface area contributed by atoms with Crippen molar-refractivity contribution in [3.63, 3.8) is 0 Å². The van der Waals surface area contributed by atoms with Gasteiger partial charge in [-0.15, -0.1) is 0 Å². The molecule has 0 spiro atoms. The minimum Gasteiger partial charge on any atom is -0.495 e. The second-order valence-corrected chi connectivity index (χ2v) is 4.91. The maximum Gasteiger partial charge on any atom is 0.225 e. The van der Waals surface area contributed by atoms with Crippen molar-refractivity contribution in [1.29, 1.82) is 0 Å². The molecule has 0 aliphatic carbocycles. The Balaban J connectivity index is 2.59. The van der Waals surface area contributed by atoms with Gasteiger partial charge >= 0.3 is 0 Å². The van der Waals surface area contributed by atoms with Crippen molar-refractivity contribution in [2.45, 2.75) is 26.3 Å². The number of benzene rings is 1. The number of anilines is 1. The normalized spacial score (nSPS) is 12.0. The molecule has 1 aromatic rings. The highest BCUT2D eigenvalue weighted by Crippen LogP contribution is 2.27. The predicted octanol–water partition coefficient (Wildman–Crippen LogP) is 2.78. The first-order chi connectivity index (χ1) is 8.56. The molecule has 0 saturated heterocycles. The SMILES string of the molecule is CCNC(C)CC(=O)Nc1ccc(Br)c(OC)c1. The number of carbonyl (C=O) groups excluding carboxylic acids is 1. The lowest BCUT2D eigenvalue weighted by Crippen LogP contribution is -2.30. The van der Waals surface area contributed by atoms with Gasteiger partial charge in [-0.05, 0) is 41.5 Å². The number of carbonyl (C=O) groups is 1. The summed E-state index contributed by atoms with van der Waals surface area (Å²) >= 11 is 3.37. The smallest absolute Gasteiger partial charge is 0.225 e. The maximum atomic E-state index is 11.8. The summed E-state index contributed by atoms with van der Waals surface area (Å²) in [6.07, 6.45) is 0.451. The number of amides is 1. The summed E-state index contributed by atoms with van der Waals surface area (Å²) < 4.78 is 6.04. The molecule has 1 rings (SSSR count). The molecule has 4 nitrogen and oxygen atoms in total. The number of hydrogen-bond acceptors (Lipinski definition) is 3. The summed E-state index contributed by atoms with van der Waals surface area (Å²) in [6, 6.07) is 5.65. The quantitative estimate of drug-likeness (QED) is 0.849. The number of rotatable bonds is 6. The zero-order chi connectivity index (χ0) is 13.5. The van der Waals surface area contributed by atoms with E-state index >= 15 is 0 Å². The Hall–Kier alpha value is -1.07. The summed E-state index contributed by atoms with van der Waals surface area (Å²) in [5.41, 5.74) is 0.740. The van der Waals surface area contributed by atoms with Crippen LogP contribution in [0, 0.1) is 0 Å².